The van der Waals surface area contributed by atoms with Crippen LogP contribution in [0.15, 0.2) is 16.7 Å². The van der Waals surface area contributed by atoms with Crippen LogP contribution in [0, 0.1) is 13.8 Å². The minimum absolute atomic E-state index is 0.0819. The summed E-state index contributed by atoms with van der Waals surface area (Å²) in [5.74, 6) is 0.0488. The van der Waals surface area contributed by atoms with E-state index in [1.807, 2.05) is 20.8 Å². The third-order valence-corrected chi connectivity index (χ3v) is 3.12. The Morgan fingerprint density at radius 2 is 2.15 bits per heavy atom. The number of aromatic nitrogens is 2. The SMILES string of the molecule is Cc1noc(C)c1C(C)Nc1cc(C(=O)O)cc(Cl)n1. The van der Waals surface area contributed by atoms with Crippen molar-refractivity contribution in [2.75, 3.05) is 5.32 Å². The normalized spacial score (nSPS) is 12.2. The average Bonchev–Trinajstić information content (AvgIpc) is 2.68. The Morgan fingerprint density at radius 1 is 1.45 bits per heavy atom. The van der Waals surface area contributed by atoms with Gasteiger partial charge in [-0.15, -0.1) is 0 Å². The fraction of sp³-hybridized carbons (Fsp3) is 0.308. The second kappa shape index (κ2) is 5.50. The van der Waals surface area contributed by atoms with Crippen LogP contribution in [0.5, 0.6) is 0 Å². The van der Waals surface area contributed by atoms with Crippen molar-refractivity contribution < 1.29 is 14.4 Å². The maximum Gasteiger partial charge on any atom is 0.335 e. The molecule has 6 nitrogen and oxygen atoms in total. The van der Waals surface area contributed by atoms with Crippen LogP contribution in [0.2, 0.25) is 5.15 Å². The highest BCUT2D eigenvalue weighted by Gasteiger charge is 2.17. The van der Waals surface area contributed by atoms with Crippen molar-refractivity contribution in [3.8, 4) is 0 Å². The fourth-order valence-electron chi connectivity index (χ4n) is 2.10. The van der Waals surface area contributed by atoms with Crippen LogP contribution in [-0.4, -0.2) is 21.2 Å². The number of aromatic carboxylic acids is 1. The predicted octanol–water partition coefficient (Wildman–Crippen LogP) is 3.21. The van der Waals surface area contributed by atoms with Gasteiger partial charge in [0.2, 0.25) is 0 Å². The summed E-state index contributed by atoms with van der Waals surface area (Å²) in [4.78, 5) is 15.1. The molecule has 1 atom stereocenters. The van der Waals surface area contributed by atoms with Gasteiger partial charge in [0.1, 0.15) is 16.7 Å². The van der Waals surface area contributed by atoms with Crippen LogP contribution < -0.4 is 5.32 Å². The van der Waals surface area contributed by atoms with Crippen LogP contribution in [0.3, 0.4) is 0 Å². The molecule has 7 heteroatoms. The summed E-state index contributed by atoms with van der Waals surface area (Å²) in [6, 6.07) is 2.60. The Morgan fingerprint density at radius 3 is 2.70 bits per heavy atom. The molecule has 2 aromatic rings. The minimum Gasteiger partial charge on any atom is -0.478 e. The van der Waals surface area contributed by atoms with Crippen molar-refractivity contribution in [3.05, 3.63) is 39.9 Å². The number of carbonyl (C=O) groups is 1. The summed E-state index contributed by atoms with van der Waals surface area (Å²) in [6.07, 6.45) is 0. The Labute approximate surface area is 120 Å². The molecule has 0 fully saturated rings. The van der Waals surface area contributed by atoms with Gasteiger partial charge in [-0.2, -0.15) is 0 Å². The molecular weight excluding hydrogens is 282 g/mol. The first-order valence-electron chi connectivity index (χ1n) is 5.98. The first-order chi connectivity index (χ1) is 9.38. The number of nitrogens with zero attached hydrogens (tertiary/aromatic N) is 2. The lowest BCUT2D eigenvalue weighted by atomic mass is 10.1. The number of rotatable bonds is 4. The number of anilines is 1. The molecule has 0 aliphatic rings. The first-order valence-corrected chi connectivity index (χ1v) is 6.36. The molecule has 0 aliphatic heterocycles. The largest absolute Gasteiger partial charge is 0.478 e. The topological polar surface area (TPSA) is 88.2 Å². The zero-order valence-corrected chi connectivity index (χ0v) is 12.0. The second-order valence-electron chi connectivity index (χ2n) is 4.47. The van der Waals surface area contributed by atoms with E-state index in [2.05, 4.69) is 15.5 Å². The third kappa shape index (κ3) is 2.91. The van der Waals surface area contributed by atoms with Crippen LogP contribution >= 0.6 is 11.6 Å². The molecule has 2 heterocycles. The molecule has 2 rings (SSSR count). The molecule has 0 radical (unpaired) electrons. The molecule has 0 amide bonds. The van der Waals surface area contributed by atoms with Crippen molar-refractivity contribution in [2.24, 2.45) is 0 Å². The van der Waals surface area contributed by atoms with Gasteiger partial charge in [-0.1, -0.05) is 16.8 Å². The van der Waals surface area contributed by atoms with Gasteiger partial charge >= 0.3 is 5.97 Å². The Kier molecular flexibility index (Phi) is 3.94. The van der Waals surface area contributed by atoms with Crippen molar-refractivity contribution in [3.63, 3.8) is 0 Å². The van der Waals surface area contributed by atoms with Gasteiger partial charge in [-0.25, -0.2) is 9.78 Å². The number of carboxylic acids is 1. The molecule has 0 bridgehead atoms. The zero-order valence-electron chi connectivity index (χ0n) is 11.3. The molecule has 1 unspecified atom stereocenters. The summed E-state index contributed by atoms with van der Waals surface area (Å²) < 4.78 is 5.11. The highest BCUT2D eigenvalue weighted by Crippen LogP contribution is 2.25. The van der Waals surface area contributed by atoms with E-state index in [0.717, 1.165) is 11.3 Å². The average molecular weight is 296 g/mol. The van der Waals surface area contributed by atoms with Crippen molar-refractivity contribution in [2.45, 2.75) is 26.8 Å². The van der Waals surface area contributed by atoms with E-state index >= 15 is 0 Å². The van der Waals surface area contributed by atoms with Crippen LogP contribution in [0.25, 0.3) is 0 Å². The molecule has 106 valence electrons. The van der Waals surface area contributed by atoms with Crippen molar-refractivity contribution >= 4 is 23.4 Å². The summed E-state index contributed by atoms with van der Waals surface area (Å²) >= 11 is 5.82. The van der Waals surface area contributed by atoms with Gasteiger partial charge in [-0.05, 0) is 32.9 Å². The minimum atomic E-state index is -1.05. The molecule has 2 N–H and O–H groups in total. The molecule has 0 aromatic carbocycles. The molecule has 2 aromatic heterocycles. The lowest BCUT2D eigenvalue weighted by Crippen LogP contribution is -2.10. The van der Waals surface area contributed by atoms with E-state index in [9.17, 15) is 4.79 Å². The van der Waals surface area contributed by atoms with Crippen LogP contribution in [-0.2, 0) is 0 Å². The van der Waals surface area contributed by atoms with E-state index in [1.165, 1.54) is 12.1 Å². The predicted molar refractivity (Wildman–Crippen MR) is 74.2 cm³/mol. The number of hydrogen-bond acceptors (Lipinski definition) is 5. The van der Waals surface area contributed by atoms with E-state index in [4.69, 9.17) is 21.2 Å². The second-order valence-corrected chi connectivity index (χ2v) is 4.86. The molecular formula is C13H14ClN3O3. The first kappa shape index (κ1) is 14.3. The van der Waals surface area contributed by atoms with E-state index in [1.54, 1.807) is 0 Å². The lowest BCUT2D eigenvalue weighted by molar-refractivity contribution is 0.0697. The number of hydrogen-bond donors (Lipinski definition) is 2. The summed E-state index contributed by atoms with van der Waals surface area (Å²) in [5, 5.41) is 16.1. The van der Waals surface area contributed by atoms with E-state index in [-0.39, 0.29) is 16.8 Å². The number of nitrogens with one attached hydrogen (secondary N) is 1. The van der Waals surface area contributed by atoms with E-state index < -0.39 is 5.97 Å². The highest BCUT2D eigenvalue weighted by atomic mass is 35.5. The Balaban J connectivity index is 2.28. The summed E-state index contributed by atoms with van der Waals surface area (Å²) in [6.45, 7) is 5.58. The molecule has 0 aliphatic carbocycles. The summed E-state index contributed by atoms with van der Waals surface area (Å²) in [5.41, 5.74) is 1.78. The number of pyridine rings is 1. The van der Waals surface area contributed by atoms with Crippen LogP contribution in [0.1, 0.15) is 40.3 Å². The maximum absolute atomic E-state index is 11.0. The highest BCUT2D eigenvalue weighted by molar-refractivity contribution is 6.29. The van der Waals surface area contributed by atoms with Crippen molar-refractivity contribution in [1.29, 1.82) is 0 Å². The lowest BCUT2D eigenvalue weighted by Gasteiger charge is -2.15. The van der Waals surface area contributed by atoms with Gasteiger partial charge in [0, 0.05) is 5.56 Å². The zero-order chi connectivity index (χ0) is 14.9. The molecule has 0 saturated heterocycles. The molecule has 0 spiro atoms. The maximum atomic E-state index is 11.0. The summed E-state index contributed by atoms with van der Waals surface area (Å²) in [7, 11) is 0. The smallest absolute Gasteiger partial charge is 0.335 e. The Bertz CT molecular complexity index is 635. The standard InChI is InChI=1S/C13H14ClN3O3/c1-6(12-7(2)17-20-8(12)3)15-11-5-9(13(18)19)4-10(14)16-11/h4-6H,1-3H3,(H,15,16)(H,18,19). The van der Waals surface area contributed by atoms with Gasteiger partial charge in [0.05, 0.1) is 17.3 Å². The van der Waals surface area contributed by atoms with Gasteiger partial charge in [0.15, 0.2) is 0 Å². The molecule has 0 saturated carbocycles. The van der Waals surface area contributed by atoms with Gasteiger partial charge in [0.25, 0.3) is 0 Å². The van der Waals surface area contributed by atoms with Crippen molar-refractivity contribution in [1.82, 2.24) is 10.1 Å². The molecule has 20 heavy (non-hydrogen) atoms. The Hall–Kier alpha value is -2.08. The third-order valence-electron chi connectivity index (χ3n) is 2.93. The quantitative estimate of drug-likeness (QED) is 0.842. The van der Waals surface area contributed by atoms with E-state index in [0.29, 0.717) is 11.6 Å². The van der Waals surface area contributed by atoms with Crippen LogP contribution in [0.4, 0.5) is 5.82 Å². The van der Waals surface area contributed by atoms with Gasteiger partial charge < -0.3 is 14.9 Å². The number of carboxylic acid groups (broad SMARTS) is 1. The number of halogens is 1. The van der Waals surface area contributed by atoms with Gasteiger partial charge in [-0.3, -0.25) is 0 Å². The fourth-order valence-corrected chi connectivity index (χ4v) is 2.31. The number of aryl methyl sites for hydroxylation is 2. The monoisotopic (exact) mass is 295 g/mol.